The van der Waals surface area contributed by atoms with Gasteiger partial charge in [-0.05, 0) is 19.4 Å². The highest BCUT2D eigenvalue weighted by Gasteiger charge is 2.28. The SMILES string of the molecule is CCCN(C(=O)CS(=O)(=O)CC)C1CCNC1. The third-order valence-electron chi connectivity index (χ3n) is 3.04. The Hall–Kier alpha value is -0.620. The summed E-state index contributed by atoms with van der Waals surface area (Å²) in [7, 11) is -3.22. The average Bonchev–Trinajstić information content (AvgIpc) is 2.78. The van der Waals surface area contributed by atoms with Gasteiger partial charge in [0.1, 0.15) is 5.75 Å². The van der Waals surface area contributed by atoms with Crippen LogP contribution in [0.4, 0.5) is 0 Å². The topological polar surface area (TPSA) is 66.5 Å². The number of nitrogens with one attached hydrogen (secondary N) is 1. The summed E-state index contributed by atoms with van der Waals surface area (Å²) in [6.07, 6.45) is 1.77. The number of carbonyl (C=O) groups excluding carboxylic acids is 1. The third-order valence-corrected chi connectivity index (χ3v) is 4.61. The highest BCUT2D eigenvalue weighted by atomic mass is 32.2. The summed E-state index contributed by atoms with van der Waals surface area (Å²) in [4.78, 5) is 13.7. The number of hydrogen-bond acceptors (Lipinski definition) is 4. The molecule has 1 amide bonds. The van der Waals surface area contributed by atoms with Gasteiger partial charge in [-0.15, -0.1) is 0 Å². The van der Waals surface area contributed by atoms with Crippen LogP contribution in [0.25, 0.3) is 0 Å². The maximum Gasteiger partial charge on any atom is 0.238 e. The van der Waals surface area contributed by atoms with E-state index in [1.165, 1.54) is 0 Å². The van der Waals surface area contributed by atoms with E-state index in [4.69, 9.17) is 0 Å². The van der Waals surface area contributed by atoms with Crippen molar-refractivity contribution in [1.82, 2.24) is 10.2 Å². The van der Waals surface area contributed by atoms with Crippen LogP contribution in [0.1, 0.15) is 26.7 Å². The van der Waals surface area contributed by atoms with E-state index >= 15 is 0 Å². The Morgan fingerprint density at radius 2 is 2.12 bits per heavy atom. The molecule has 0 spiro atoms. The van der Waals surface area contributed by atoms with E-state index in [-0.39, 0.29) is 23.5 Å². The molecule has 100 valence electrons. The van der Waals surface area contributed by atoms with Crippen molar-refractivity contribution in [3.05, 3.63) is 0 Å². The van der Waals surface area contributed by atoms with E-state index in [1.54, 1.807) is 11.8 Å². The van der Waals surface area contributed by atoms with Gasteiger partial charge in [-0.1, -0.05) is 13.8 Å². The molecule has 0 aromatic heterocycles. The van der Waals surface area contributed by atoms with Crippen LogP contribution < -0.4 is 5.32 Å². The highest BCUT2D eigenvalue weighted by Crippen LogP contribution is 2.10. The molecule has 17 heavy (non-hydrogen) atoms. The molecule has 6 heteroatoms. The van der Waals surface area contributed by atoms with E-state index in [0.717, 1.165) is 25.9 Å². The Morgan fingerprint density at radius 1 is 1.41 bits per heavy atom. The predicted molar refractivity (Wildman–Crippen MR) is 67.6 cm³/mol. The lowest BCUT2D eigenvalue weighted by Crippen LogP contribution is -2.44. The normalized spacial score (nSPS) is 20.5. The van der Waals surface area contributed by atoms with Crippen LogP contribution in [-0.4, -0.2) is 56.4 Å². The Labute approximate surface area is 103 Å². The highest BCUT2D eigenvalue weighted by molar-refractivity contribution is 7.92. The molecule has 1 aliphatic rings. The molecule has 1 heterocycles. The number of hydrogen-bond donors (Lipinski definition) is 1. The lowest BCUT2D eigenvalue weighted by atomic mass is 10.2. The first kappa shape index (κ1) is 14.4. The van der Waals surface area contributed by atoms with Gasteiger partial charge in [-0.2, -0.15) is 0 Å². The molecule has 1 atom stereocenters. The Morgan fingerprint density at radius 3 is 2.59 bits per heavy atom. The van der Waals surface area contributed by atoms with E-state index in [0.29, 0.717) is 6.54 Å². The molecule has 0 radical (unpaired) electrons. The van der Waals surface area contributed by atoms with Crippen molar-refractivity contribution in [3.63, 3.8) is 0 Å². The molecular weight excluding hydrogens is 240 g/mol. The van der Waals surface area contributed by atoms with Crippen LogP contribution in [0.5, 0.6) is 0 Å². The first-order chi connectivity index (χ1) is 8.00. The van der Waals surface area contributed by atoms with Gasteiger partial charge < -0.3 is 10.2 Å². The van der Waals surface area contributed by atoms with Crippen LogP contribution in [-0.2, 0) is 14.6 Å². The van der Waals surface area contributed by atoms with Crippen molar-refractivity contribution in [3.8, 4) is 0 Å². The van der Waals surface area contributed by atoms with E-state index in [2.05, 4.69) is 5.32 Å². The fourth-order valence-corrected chi connectivity index (χ4v) is 2.78. The summed E-state index contributed by atoms with van der Waals surface area (Å²) in [5.74, 6) is -0.566. The van der Waals surface area contributed by atoms with Gasteiger partial charge in [0.25, 0.3) is 0 Å². The molecule has 1 saturated heterocycles. The largest absolute Gasteiger partial charge is 0.338 e. The van der Waals surface area contributed by atoms with Crippen LogP contribution in [0, 0.1) is 0 Å². The molecule has 0 aromatic carbocycles. The Balaban J connectivity index is 2.66. The van der Waals surface area contributed by atoms with Crippen molar-refractivity contribution in [1.29, 1.82) is 0 Å². The van der Waals surface area contributed by atoms with Crippen LogP contribution in [0.2, 0.25) is 0 Å². The van der Waals surface area contributed by atoms with Crippen molar-refractivity contribution in [2.75, 3.05) is 31.1 Å². The summed E-state index contributed by atoms with van der Waals surface area (Å²) in [5.41, 5.74) is 0. The smallest absolute Gasteiger partial charge is 0.238 e. The van der Waals surface area contributed by atoms with Crippen LogP contribution >= 0.6 is 0 Å². The summed E-state index contributed by atoms with van der Waals surface area (Å²) < 4.78 is 22.9. The zero-order valence-corrected chi connectivity index (χ0v) is 11.4. The number of sulfone groups is 1. The van der Waals surface area contributed by atoms with Gasteiger partial charge in [0, 0.05) is 24.9 Å². The van der Waals surface area contributed by atoms with Crippen molar-refractivity contribution >= 4 is 15.7 Å². The Kier molecular flexibility index (Phi) is 5.39. The van der Waals surface area contributed by atoms with Crippen LogP contribution in [0.15, 0.2) is 0 Å². The first-order valence-corrected chi connectivity index (χ1v) is 8.03. The third kappa shape index (κ3) is 4.27. The minimum absolute atomic E-state index is 0.0294. The second-order valence-electron chi connectivity index (χ2n) is 4.41. The lowest BCUT2D eigenvalue weighted by molar-refractivity contribution is -0.130. The van der Waals surface area contributed by atoms with Crippen molar-refractivity contribution in [2.45, 2.75) is 32.7 Å². The number of amides is 1. The second-order valence-corrected chi connectivity index (χ2v) is 6.76. The zero-order valence-electron chi connectivity index (χ0n) is 10.6. The summed E-state index contributed by atoms with van der Waals surface area (Å²) in [5, 5.41) is 3.20. The van der Waals surface area contributed by atoms with E-state index in [9.17, 15) is 13.2 Å². The fraction of sp³-hybridized carbons (Fsp3) is 0.909. The lowest BCUT2D eigenvalue weighted by Gasteiger charge is -2.28. The summed E-state index contributed by atoms with van der Waals surface area (Å²) in [6.45, 7) is 5.89. The summed E-state index contributed by atoms with van der Waals surface area (Å²) >= 11 is 0. The summed E-state index contributed by atoms with van der Waals surface area (Å²) in [6, 6.07) is 0.162. The van der Waals surface area contributed by atoms with Gasteiger partial charge in [0.05, 0.1) is 0 Å². The minimum atomic E-state index is -3.22. The maximum atomic E-state index is 12.0. The van der Waals surface area contributed by atoms with E-state index < -0.39 is 9.84 Å². The quantitative estimate of drug-likeness (QED) is 0.733. The fourth-order valence-electron chi connectivity index (χ4n) is 2.03. The van der Waals surface area contributed by atoms with Gasteiger partial charge in [-0.3, -0.25) is 4.79 Å². The van der Waals surface area contributed by atoms with Crippen molar-refractivity contribution < 1.29 is 13.2 Å². The zero-order chi connectivity index (χ0) is 12.9. The molecule has 1 fully saturated rings. The predicted octanol–water partition coefficient (Wildman–Crippen LogP) is 0.0216. The molecule has 5 nitrogen and oxygen atoms in total. The monoisotopic (exact) mass is 262 g/mol. The molecule has 1 aliphatic heterocycles. The number of carbonyl (C=O) groups is 1. The Bertz CT molecular complexity index is 348. The van der Waals surface area contributed by atoms with Crippen molar-refractivity contribution in [2.24, 2.45) is 0 Å². The van der Waals surface area contributed by atoms with Gasteiger partial charge in [0.15, 0.2) is 9.84 Å². The molecule has 0 aliphatic carbocycles. The molecule has 1 unspecified atom stereocenters. The number of rotatable bonds is 6. The standard InChI is InChI=1S/C11H22N2O3S/c1-3-7-13(10-5-6-12-8-10)11(14)9-17(15,16)4-2/h10,12H,3-9H2,1-2H3. The molecule has 0 bridgehead atoms. The van der Waals surface area contributed by atoms with Gasteiger partial charge in [-0.25, -0.2) is 8.42 Å². The molecule has 1 N–H and O–H groups in total. The van der Waals surface area contributed by atoms with Crippen LogP contribution in [0.3, 0.4) is 0 Å². The molecule has 0 saturated carbocycles. The minimum Gasteiger partial charge on any atom is -0.338 e. The second kappa shape index (κ2) is 6.35. The molecule has 1 rings (SSSR count). The molecular formula is C11H22N2O3S. The molecule has 0 aromatic rings. The number of nitrogens with zero attached hydrogens (tertiary/aromatic N) is 1. The van der Waals surface area contributed by atoms with E-state index in [1.807, 2.05) is 6.92 Å². The first-order valence-electron chi connectivity index (χ1n) is 6.20. The maximum absolute atomic E-state index is 12.0. The van der Waals surface area contributed by atoms with Gasteiger partial charge >= 0.3 is 0 Å². The van der Waals surface area contributed by atoms with Gasteiger partial charge in [0.2, 0.25) is 5.91 Å². The average molecular weight is 262 g/mol.